The highest BCUT2D eigenvalue weighted by Crippen LogP contribution is 2.28. The number of rotatable bonds is 3. The minimum absolute atomic E-state index is 1.20. The lowest BCUT2D eigenvalue weighted by atomic mass is 9.93. The van der Waals surface area contributed by atoms with Crippen molar-refractivity contribution in [1.29, 1.82) is 0 Å². The first-order valence-electron chi connectivity index (χ1n) is 7.00. The second-order valence-electron chi connectivity index (χ2n) is 5.59. The van der Waals surface area contributed by atoms with Crippen molar-refractivity contribution in [3.05, 3.63) is 70.8 Å². The molecule has 2 aromatic carbocycles. The molecule has 0 aromatic heterocycles. The lowest BCUT2D eigenvalue weighted by Crippen LogP contribution is -1.90. The van der Waals surface area contributed by atoms with Gasteiger partial charge in [0.2, 0.25) is 0 Å². The summed E-state index contributed by atoms with van der Waals surface area (Å²) in [5.74, 6) is 0. The van der Waals surface area contributed by atoms with Gasteiger partial charge in [0.1, 0.15) is 0 Å². The highest BCUT2D eigenvalue weighted by Gasteiger charge is 2.06. The van der Waals surface area contributed by atoms with Gasteiger partial charge in [-0.25, -0.2) is 0 Å². The summed E-state index contributed by atoms with van der Waals surface area (Å²) in [5.41, 5.74) is 8.86. The Labute approximate surface area is 122 Å². The Balaban J connectivity index is 2.58. The monoisotopic (exact) mass is 262 g/mol. The van der Waals surface area contributed by atoms with Gasteiger partial charge in [-0.3, -0.25) is 0 Å². The van der Waals surface area contributed by atoms with E-state index in [0.717, 1.165) is 0 Å². The Morgan fingerprint density at radius 2 is 1.60 bits per heavy atom. The number of benzene rings is 2. The summed E-state index contributed by atoms with van der Waals surface area (Å²) < 4.78 is 0. The molecule has 2 rings (SSSR count). The molecule has 102 valence electrons. The molecule has 0 heteroatoms. The van der Waals surface area contributed by atoms with Gasteiger partial charge in [0.25, 0.3) is 0 Å². The van der Waals surface area contributed by atoms with E-state index in [1.165, 1.54) is 39.0 Å². The van der Waals surface area contributed by atoms with Crippen LogP contribution in [0.1, 0.15) is 36.1 Å². The number of hydrogen-bond acceptors (Lipinski definition) is 0. The Kier molecular flexibility index (Phi) is 4.24. The van der Waals surface area contributed by atoms with Crippen molar-refractivity contribution in [3.8, 4) is 11.1 Å². The molecule has 0 bridgehead atoms. The zero-order valence-electron chi connectivity index (χ0n) is 12.8. The highest BCUT2D eigenvalue weighted by molar-refractivity contribution is 5.76. The van der Waals surface area contributed by atoms with E-state index in [9.17, 15) is 0 Å². The van der Waals surface area contributed by atoms with E-state index in [-0.39, 0.29) is 0 Å². The standard InChI is InChI=1S/C20H22/c1-6-17-13-19(18-9-7-15(4)8-10-18)12-16(5)20(17)11-14(2)3/h6-13H,1H2,2-5H3. The van der Waals surface area contributed by atoms with Gasteiger partial charge in [0, 0.05) is 0 Å². The molecular formula is C20H22. The van der Waals surface area contributed by atoms with Crippen LogP contribution in [0.4, 0.5) is 0 Å². The molecule has 20 heavy (non-hydrogen) atoms. The third-order valence-electron chi connectivity index (χ3n) is 3.46. The van der Waals surface area contributed by atoms with E-state index in [0.29, 0.717) is 0 Å². The average molecular weight is 262 g/mol. The molecule has 0 aliphatic heterocycles. The summed E-state index contributed by atoms with van der Waals surface area (Å²) >= 11 is 0. The van der Waals surface area contributed by atoms with E-state index in [4.69, 9.17) is 0 Å². The SMILES string of the molecule is C=Cc1cc(-c2ccc(C)cc2)cc(C)c1C=C(C)C. The van der Waals surface area contributed by atoms with Crippen LogP contribution in [0.3, 0.4) is 0 Å². The average Bonchev–Trinajstić information content (AvgIpc) is 2.41. The third-order valence-corrected chi connectivity index (χ3v) is 3.46. The van der Waals surface area contributed by atoms with Crippen LogP contribution in [0.5, 0.6) is 0 Å². The van der Waals surface area contributed by atoms with Crippen molar-refractivity contribution in [2.75, 3.05) is 0 Å². The van der Waals surface area contributed by atoms with Crippen LogP contribution in [0, 0.1) is 13.8 Å². The summed E-state index contributed by atoms with van der Waals surface area (Å²) in [5, 5.41) is 0. The predicted octanol–water partition coefficient (Wildman–Crippen LogP) is 6.04. The topological polar surface area (TPSA) is 0 Å². The fourth-order valence-corrected chi connectivity index (χ4v) is 2.39. The lowest BCUT2D eigenvalue weighted by Gasteiger charge is -2.11. The molecule has 0 nitrogen and oxygen atoms in total. The molecule has 0 unspecified atom stereocenters. The first-order valence-corrected chi connectivity index (χ1v) is 7.00. The van der Waals surface area contributed by atoms with Gasteiger partial charge < -0.3 is 0 Å². The van der Waals surface area contributed by atoms with Gasteiger partial charge in [0.05, 0.1) is 0 Å². The van der Waals surface area contributed by atoms with E-state index >= 15 is 0 Å². The molecule has 0 N–H and O–H groups in total. The molecule has 0 radical (unpaired) electrons. The van der Waals surface area contributed by atoms with Crippen LogP contribution in [0.25, 0.3) is 23.3 Å². The van der Waals surface area contributed by atoms with Crippen LogP contribution in [0.2, 0.25) is 0 Å². The van der Waals surface area contributed by atoms with E-state index in [1.807, 2.05) is 6.08 Å². The van der Waals surface area contributed by atoms with Gasteiger partial charge in [-0.1, -0.05) is 60.2 Å². The van der Waals surface area contributed by atoms with Crippen molar-refractivity contribution in [2.45, 2.75) is 27.7 Å². The van der Waals surface area contributed by atoms with Crippen LogP contribution >= 0.6 is 0 Å². The fraction of sp³-hybridized carbons (Fsp3) is 0.200. The molecule has 0 heterocycles. The maximum Gasteiger partial charge on any atom is -0.0155 e. The van der Waals surface area contributed by atoms with Gasteiger partial charge in [-0.2, -0.15) is 0 Å². The van der Waals surface area contributed by atoms with E-state index in [2.05, 4.69) is 76.7 Å². The summed E-state index contributed by atoms with van der Waals surface area (Å²) in [4.78, 5) is 0. The lowest BCUT2D eigenvalue weighted by molar-refractivity contribution is 1.38. The first kappa shape index (κ1) is 14.3. The smallest absolute Gasteiger partial charge is 0.0155 e. The molecule has 0 fully saturated rings. The van der Waals surface area contributed by atoms with Crippen LogP contribution < -0.4 is 0 Å². The Morgan fingerprint density at radius 1 is 0.950 bits per heavy atom. The van der Waals surface area contributed by atoms with Crippen LogP contribution in [0.15, 0.2) is 48.6 Å². The van der Waals surface area contributed by atoms with Gasteiger partial charge >= 0.3 is 0 Å². The molecule has 0 saturated heterocycles. The maximum atomic E-state index is 3.96. The maximum absolute atomic E-state index is 3.96. The first-order chi connectivity index (χ1) is 9.51. The van der Waals surface area contributed by atoms with Crippen LogP contribution in [-0.4, -0.2) is 0 Å². The Morgan fingerprint density at radius 3 is 2.15 bits per heavy atom. The van der Waals surface area contributed by atoms with Crippen molar-refractivity contribution >= 4 is 12.2 Å². The number of aryl methyl sites for hydroxylation is 2. The summed E-state index contributed by atoms with van der Waals surface area (Å²) in [6, 6.07) is 13.1. The van der Waals surface area contributed by atoms with E-state index < -0.39 is 0 Å². The summed E-state index contributed by atoms with van der Waals surface area (Å²) in [7, 11) is 0. The van der Waals surface area contributed by atoms with Crippen molar-refractivity contribution in [2.24, 2.45) is 0 Å². The third kappa shape index (κ3) is 3.08. The quantitative estimate of drug-likeness (QED) is 0.633. The largest absolute Gasteiger partial charge is 0.0984 e. The van der Waals surface area contributed by atoms with Crippen LogP contribution in [-0.2, 0) is 0 Å². The van der Waals surface area contributed by atoms with Crippen molar-refractivity contribution in [3.63, 3.8) is 0 Å². The Bertz CT molecular complexity index is 651. The zero-order chi connectivity index (χ0) is 14.7. The Hall–Kier alpha value is -2.08. The normalized spacial score (nSPS) is 10.2. The second kappa shape index (κ2) is 5.92. The minimum atomic E-state index is 1.20. The van der Waals surface area contributed by atoms with Gasteiger partial charge in [0.15, 0.2) is 0 Å². The fourth-order valence-electron chi connectivity index (χ4n) is 2.39. The van der Waals surface area contributed by atoms with Gasteiger partial charge in [-0.05, 0) is 61.6 Å². The molecule has 0 aliphatic rings. The minimum Gasteiger partial charge on any atom is -0.0984 e. The highest BCUT2D eigenvalue weighted by atomic mass is 14.1. The molecule has 0 saturated carbocycles. The molecule has 0 spiro atoms. The van der Waals surface area contributed by atoms with Crippen molar-refractivity contribution < 1.29 is 0 Å². The molecular weight excluding hydrogens is 240 g/mol. The summed E-state index contributed by atoms with van der Waals surface area (Å²) in [6.07, 6.45) is 4.17. The predicted molar refractivity (Wildman–Crippen MR) is 90.8 cm³/mol. The molecule has 0 atom stereocenters. The van der Waals surface area contributed by atoms with Crippen molar-refractivity contribution in [1.82, 2.24) is 0 Å². The summed E-state index contributed by atoms with van der Waals surface area (Å²) in [6.45, 7) is 12.5. The molecule has 0 amide bonds. The number of hydrogen-bond donors (Lipinski definition) is 0. The molecule has 2 aromatic rings. The number of allylic oxidation sites excluding steroid dienone is 1. The second-order valence-corrected chi connectivity index (χ2v) is 5.59. The van der Waals surface area contributed by atoms with Gasteiger partial charge in [-0.15, -0.1) is 0 Å². The zero-order valence-corrected chi connectivity index (χ0v) is 12.8. The molecule has 0 aliphatic carbocycles. The van der Waals surface area contributed by atoms with E-state index in [1.54, 1.807) is 0 Å².